The quantitative estimate of drug-likeness (QED) is 0.161. The molecule has 1 aliphatic rings. The summed E-state index contributed by atoms with van der Waals surface area (Å²) in [4.78, 5) is 36.3. The number of carbonyl (C=O) groups is 2. The van der Waals surface area contributed by atoms with E-state index in [1.54, 1.807) is 12.3 Å². The van der Waals surface area contributed by atoms with Gasteiger partial charge in [0.05, 0.1) is 6.04 Å². The van der Waals surface area contributed by atoms with E-state index in [9.17, 15) is 19.8 Å². The van der Waals surface area contributed by atoms with Crippen molar-refractivity contribution in [3.05, 3.63) is 16.1 Å². The minimum absolute atomic E-state index is 0.0298. The van der Waals surface area contributed by atoms with Crippen LogP contribution in [0.1, 0.15) is 122 Å². The van der Waals surface area contributed by atoms with Crippen molar-refractivity contribution in [2.45, 2.75) is 130 Å². The molecule has 0 aromatic carbocycles. The summed E-state index contributed by atoms with van der Waals surface area (Å²) in [6, 6.07) is -1.08. The van der Waals surface area contributed by atoms with Gasteiger partial charge in [-0.25, -0.2) is 4.98 Å². The van der Waals surface area contributed by atoms with Crippen molar-refractivity contribution in [3.63, 3.8) is 0 Å². The Bertz CT molecular complexity index is 913. The van der Waals surface area contributed by atoms with Crippen molar-refractivity contribution in [1.29, 1.82) is 0 Å². The topological polar surface area (TPSA) is 115 Å². The number of amides is 2. The van der Waals surface area contributed by atoms with Crippen LogP contribution in [-0.4, -0.2) is 81.7 Å². The van der Waals surface area contributed by atoms with Gasteiger partial charge in [-0.1, -0.05) is 66.7 Å². The van der Waals surface area contributed by atoms with Gasteiger partial charge in [-0.05, 0) is 51.6 Å². The van der Waals surface area contributed by atoms with Crippen molar-refractivity contribution >= 4 is 23.2 Å². The lowest BCUT2D eigenvalue weighted by atomic mass is 9.91. The highest BCUT2D eigenvalue weighted by atomic mass is 32.1. The van der Waals surface area contributed by atoms with Crippen molar-refractivity contribution in [2.24, 2.45) is 11.8 Å². The zero-order valence-corrected chi connectivity index (χ0v) is 27.3. The minimum atomic E-state index is -1.13. The molecule has 2 rings (SSSR count). The lowest BCUT2D eigenvalue weighted by Gasteiger charge is -2.40. The van der Waals surface area contributed by atoms with Gasteiger partial charge in [0.1, 0.15) is 22.8 Å². The maximum Gasteiger partial charge on any atom is 0.245 e. The molecule has 236 valence electrons. The van der Waals surface area contributed by atoms with Crippen LogP contribution in [0.5, 0.6) is 0 Å². The third-order valence-corrected chi connectivity index (χ3v) is 9.39. The highest BCUT2D eigenvalue weighted by Gasteiger charge is 2.37. The lowest BCUT2D eigenvalue weighted by Crippen LogP contribution is -2.58. The molecule has 1 aromatic heterocycles. The Morgan fingerprint density at radius 3 is 2.51 bits per heavy atom. The number of likely N-dealkylation sites (N-methyl/N-ethyl adjacent to an activating group) is 1. The van der Waals surface area contributed by atoms with E-state index in [1.807, 2.05) is 18.9 Å². The summed E-state index contributed by atoms with van der Waals surface area (Å²) in [5.74, 6) is -0.0926. The van der Waals surface area contributed by atoms with Crippen LogP contribution in [0.3, 0.4) is 0 Å². The first kappa shape index (κ1) is 35.6. The van der Waals surface area contributed by atoms with Gasteiger partial charge in [0.25, 0.3) is 0 Å². The van der Waals surface area contributed by atoms with E-state index < -0.39 is 18.4 Å². The Hall–Kier alpha value is -1.59. The first-order valence-corrected chi connectivity index (χ1v) is 16.7. The molecule has 0 radical (unpaired) electrons. The van der Waals surface area contributed by atoms with Crippen molar-refractivity contribution in [2.75, 3.05) is 26.7 Å². The van der Waals surface area contributed by atoms with E-state index in [0.717, 1.165) is 57.9 Å². The van der Waals surface area contributed by atoms with Crippen molar-refractivity contribution in [1.82, 2.24) is 20.1 Å². The van der Waals surface area contributed by atoms with E-state index in [-0.39, 0.29) is 35.7 Å². The van der Waals surface area contributed by atoms with Crippen LogP contribution in [0.25, 0.3) is 0 Å². The van der Waals surface area contributed by atoms with Crippen LogP contribution in [0.4, 0.5) is 0 Å². The molecule has 6 atom stereocenters. The second-order valence-corrected chi connectivity index (χ2v) is 12.8. The first-order chi connectivity index (χ1) is 19.5. The molecule has 0 aliphatic carbocycles. The number of ether oxygens (including phenoxy) is 1. The Labute approximate surface area is 252 Å². The first-order valence-electron chi connectivity index (χ1n) is 15.8. The second kappa shape index (κ2) is 18.2. The molecule has 1 saturated heterocycles. The molecule has 41 heavy (non-hydrogen) atoms. The Balaban J connectivity index is 2.31. The van der Waals surface area contributed by atoms with Gasteiger partial charge in [0.15, 0.2) is 6.29 Å². The highest BCUT2D eigenvalue weighted by Crippen LogP contribution is 2.30. The second-order valence-electron chi connectivity index (χ2n) is 11.9. The molecule has 10 heteroatoms. The van der Waals surface area contributed by atoms with Gasteiger partial charge in [0, 0.05) is 31.0 Å². The summed E-state index contributed by atoms with van der Waals surface area (Å²) >= 11 is 1.28. The maximum absolute atomic E-state index is 14.4. The molecule has 1 fully saturated rings. The van der Waals surface area contributed by atoms with Crippen LogP contribution >= 0.6 is 11.3 Å². The van der Waals surface area contributed by atoms with Crippen molar-refractivity contribution in [3.8, 4) is 0 Å². The molecular formula is C31H56N4O5S. The van der Waals surface area contributed by atoms with Gasteiger partial charge in [0.2, 0.25) is 11.8 Å². The van der Waals surface area contributed by atoms with Crippen LogP contribution in [-0.2, 0) is 14.3 Å². The number of nitrogens with one attached hydrogen (secondary N) is 1. The fraction of sp³-hybridized carbons (Fsp3) is 0.839. The summed E-state index contributed by atoms with van der Waals surface area (Å²) < 4.78 is 5.24. The smallest absolute Gasteiger partial charge is 0.245 e. The van der Waals surface area contributed by atoms with Gasteiger partial charge >= 0.3 is 0 Å². The number of piperidine rings is 1. The standard InChI is InChI=1S/C31H56N4O5S/c1-8-11-12-14-18-35(25(21(4)5)19-26(36)29-32-23(20-41-29)31(39)40-10-3)30(38)27(22(6)9-2)33-28(37)24-16-13-15-17-34(24)7/h20-22,24-27,31,36,39H,8-19H2,1-7H3,(H,33,37)/t22-,24+,25+,26+,27-,31?/m0/s1. The molecule has 1 aliphatic heterocycles. The van der Waals surface area contributed by atoms with Crippen LogP contribution in [0.2, 0.25) is 0 Å². The maximum atomic E-state index is 14.4. The number of hydrogen-bond donors (Lipinski definition) is 3. The summed E-state index contributed by atoms with van der Waals surface area (Å²) in [6.45, 7) is 14.0. The van der Waals surface area contributed by atoms with E-state index in [0.29, 0.717) is 30.3 Å². The predicted molar refractivity (Wildman–Crippen MR) is 164 cm³/mol. The fourth-order valence-corrected chi connectivity index (χ4v) is 6.39. The third-order valence-electron chi connectivity index (χ3n) is 8.42. The van der Waals surface area contributed by atoms with Gasteiger partial charge in [-0.15, -0.1) is 11.3 Å². The number of nitrogens with zero attached hydrogens (tertiary/aromatic N) is 3. The van der Waals surface area contributed by atoms with E-state index in [2.05, 4.69) is 42.9 Å². The number of unbranched alkanes of at least 4 members (excludes halogenated alkanes) is 3. The van der Waals surface area contributed by atoms with Gasteiger partial charge in [-0.2, -0.15) is 0 Å². The SMILES string of the molecule is CCCCCCN(C(=O)[C@@H](NC(=O)[C@H]1CCCCN1C)[C@@H](C)CC)[C@H](C[C@@H](O)c1nc(C(O)OCC)cs1)C(C)C. The van der Waals surface area contributed by atoms with E-state index >= 15 is 0 Å². The number of aromatic nitrogens is 1. The van der Waals surface area contributed by atoms with Gasteiger partial charge in [-0.3, -0.25) is 14.5 Å². The summed E-state index contributed by atoms with van der Waals surface area (Å²) in [7, 11) is 1.98. The number of hydrogen-bond acceptors (Lipinski definition) is 8. The van der Waals surface area contributed by atoms with Crippen LogP contribution in [0.15, 0.2) is 5.38 Å². The normalized spacial score (nSPS) is 19.9. The fourth-order valence-electron chi connectivity index (χ4n) is 5.57. The number of aliphatic hydroxyl groups excluding tert-OH is 2. The predicted octanol–water partition coefficient (Wildman–Crippen LogP) is 5.04. The largest absolute Gasteiger partial charge is 0.386 e. The lowest BCUT2D eigenvalue weighted by molar-refractivity contribution is -0.142. The highest BCUT2D eigenvalue weighted by molar-refractivity contribution is 7.09. The van der Waals surface area contributed by atoms with E-state index in [1.165, 1.54) is 11.3 Å². The van der Waals surface area contributed by atoms with Crippen LogP contribution in [0, 0.1) is 11.8 Å². The van der Waals surface area contributed by atoms with Gasteiger partial charge < -0.3 is 25.2 Å². The number of carbonyl (C=O) groups excluding carboxylic acids is 2. The van der Waals surface area contributed by atoms with Crippen LogP contribution < -0.4 is 5.32 Å². The Morgan fingerprint density at radius 1 is 1.17 bits per heavy atom. The average Bonchev–Trinajstić information content (AvgIpc) is 3.45. The van der Waals surface area contributed by atoms with E-state index in [4.69, 9.17) is 4.74 Å². The van der Waals surface area contributed by atoms with Crippen molar-refractivity contribution < 1.29 is 24.5 Å². The number of thiazole rings is 1. The number of rotatable bonds is 18. The minimum Gasteiger partial charge on any atom is -0.386 e. The molecule has 2 heterocycles. The monoisotopic (exact) mass is 596 g/mol. The molecule has 1 unspecified atom stereocenters. The zero-order chi connectivity index (χ0) is 30.5. The molecule has 1 aromatic rings. The summed E-state index contributed by atoms with van der Waals surface area (Å²) in [5, 5.41) is 26.8. The summed E-state index contributed by atoms with van der Waals surface area (Å²) in [5.41, 5.74) is 0.381. The summed E-state index contributed by atoms with van der Waals surface area (Å²) in [6.07, 6.45) is 6.05. The molecule has 0 saturated carbocycles. The number of aliphatic hydroxyl groups is 2. The molecule has 3 N–H and O–H groups in total. The Morgan fingerprint density at radius 2 is 1.90 bits per heavy atom. The number of likely N-dealkylation sites (tertiary alicyclic amines) is 1. The molecule has 0 bridgehead atoms. The molecule has 0 spiro atoms. The zero-order valence-electron chi connectivity index (χ0n) is 26.5. The molecular weight excluding hydrogens is 540 g/mol. The third kappa shape index (κ3) is 10.6. The Kier molecular flexibility index (Phi) is 15.8. The molecule has 2 amide bonds. The molecule has 9 nitrogen and oxygen atoms in total. The average molecular weight is 597 g/mol.